The molecule has 1 aromatic heterocycles. The fraction of sp³-hybridized carbons (Fsp3) is 0.105. The molecule has 0 aliphatic rings. The minimum atomic E-state index is -0.204. The van der Waals surface area contributed by atoms with E-state index in [0.29, 0.717) is 17.1 Å². The number of carbonyl (C=O) groups excluding carboxylic acids is 1. The van der Waals surface area contributed by atoms with Crippen molar-refractivity contribution in [3.63, 3.8) is 0 Å². The van der Waals surface area contributed by atoms with Crippen LogP contribution in [0.3, 0.4) is 0 Å². The number of hydrogen-bond acceptors (Lipinski definition) is 4. The molecule has 2 aromatic carbocycles. The van der Waals surface area contributed by atoms with E-state index >= 15 is 0 Å². The second kappa shape index (κ2) is 6.91. The fourth-order valence-electron chi connectivity index (χ4n) is 2.27. The summed E-state index contributed by atoms with van der Waals surface area (Å²) in [7, 11) is 1.63. The minimum absolute atomic E-state index is 0.204. The Labute approximate surface area is 140 Å². The van der Waals surface area contributed by atoms with Gasteiger partial charge in [-0.2, -0.15) is 0 Å². The predicted octanol–water partition coefficient (Wildman–Crippen LogP) is 3.71. The van der Waals surface area contributed by atoms with Gasteiger partial charge in [0.05, 0.1) is 24.7 Å². The van der Waals surface area contributed by atoms with Gasteiger partial charge < -0.3 is 10.1 Å². The van der Waals surface area contributed by atoms with E-state index in [2.05, 4.69) is 15.3 Å². The lowest BCUT2D eigenvalue weighted by Gasteiger charge is -2.09. The molecular formula is C19H17N3O2. The second-order valence-corrected chi connectivity index (χ2v) is 5.24. The normalized spacial score (nSPS) is 10.2. The van der Waals surface area contributed by atoms with Crippen molar-refractivity contribution in [1.29, 1.82) is 0 Å². The average Bonchev–Trinajstić information content (AvgIpc) is 2.64. The molecule has 0 unspecified atom stereocenters. The highest BCUT2D eigenvalue weighted by Gasteiger charge is 2.10. The van der Waals surface area contributed by atoms with Crippen LogP contribution in [0.5, 0.6) is 5.75 Å². The first-order chi connectivity index (χ1) is 11.7. The number of carbonyl (C=O) groups is 1. The third-order valence-electron chi connectivity index (χ3n) is 3.60. The molecule has 5 nitrogen and oxygen atoms in total. The quantitative estimate of drug-likeness (QED) is 0.796. The molecule has 120 valence electrons. The summed E-state index contributed by atoms with van der Waals surface area (Å²) in [4.78, 5) is 21.1. The number of amides is 1. The molecule has 0 radical (unpaired) electrons. The maximum Gasteiger partial charge on any atom is 0.256 e. The van der Waals surface area contributed by atoms with Gasteiger partial charge in [-0.25, -0.2) is 9.97 Å². The Bertz CT molecular complexity index is 846. The summed E-state index contributed by atoms with van der Waals surface area (Å²) in [5, 5.41) is 2.79. The van der Waals surface area contributed by atoms with Gasteiger partial charge in [0.2, 0.25) is 0 Å². The molecule has 0 spiro atoms. The summed E-state index contributed by atoms with van der Waals surface area (Å²) < 4.78 is 5.15. The summed E-state index contributed by atoms with van der Waals surface area (Å²) in [6, 6.07) is 16.6. The summed E-state index contributed by atoms with van der Waals surface area (Å²) in [6.45, 7) is 1.82. The first-order valence-corrected chi connectivity index (χ1v) is 7.52. The molecule has 0 saturated heterocycles. The fourth-order valence-corrected chi connectivity index (χ4v) is 2.27. The molecule has 0 aliphatic heterocycles. The van der Waals surface area contributed by atoms with E-state index in [9.17, 15) is 4.79 Å². The summed E-state index contributed by atoms with van der Waals surface area (Å²) in [5.74, 6) is 1.04. The molecule has 1 amide bonds. The van der Waals surface area contributed by atoms with E-state index in [1.165, 1.54) is 0 Å². The minimum Gasteiger partial charge on any atom is -0.497 e. The first-order valence-electron chi connectivity index (χ1n) is 7.52. The second-order valence-electron chi connectivity index (χ2n) is 5.24. The van der Waals surface area contributed by atoms with Crippen LogP contribution < -0.4 is 10.1 Å². The Balaban J connectivity index is 1.80. The number of nitrogens with one attached hydrogen (secondary N) is 1. The third kappa shape index (κ3) is 3.41. The number of benzene rings is 2. The van der Waals surface area contributed by atoms with Crippen molar-refractivity contribution in [2.24, 2.45) is 0 Å². The topological polar surface area (TPSA) is 64.1 Å². The number of hydrogen-bond donors (Lipinski definition) is 1. The van der Waals surface area contributed by atoms with Crippen LogP contribution in [0.1, 0.15) is 16.1 Å². The molecular weight excluding hydrogens is 302 g/mol. The zero-order chi connectivity index (χ0) is 16.9. The Hall–Kier alpha value is -3.21. The molecule has 0 aliphatic carbocycles. The Morgan fingerprint density at radius 1 is 1.04 bits per heavy atom. The lowest BCUT2D eigenvalue weighted by Crippen LogP contribution is -2.14. The van der Waals surface area contributed by atoms with Gasteiger partial charge in [0.25, 0.3) is 5.91 Å². The number of aryl methyl sites for hydroxylation is 1. The smallest absolute Gasteiger partial charge is 0.256 e. The molecule has 0 saturated carbocycles. The van der Waals surface area contributed by atoms with Gasteiger partial charge >= 0.3 is 0 Å². The highest BCUT2D eigenvalue weighted by molar-refractivity contribution is 6.03. The monoisotopic (exact) mass is 319 g/mol. The Kier molecular flexibility index (Phi) is 4.52. The number of aromatic nitrogens is 2. The number of rotatable bonds is 4. The standard InChI is InChI=1S/C19H17N3O2/c1-13-18(22-19(23)15-6-4-3-5-7-15)20-12-17(21-13)14-8-10-16(24-2)11-9-14/h3-12H,1-2H3,(H,20,22,23). The molecule has 1 heterocycles. The lowest BCUT2D eigenvalue weighted by atomic mass is 10.1. The van der Waals surface area contributed by atoms with E-state index in [0.717, 1.165) is 17.0 Å². The highest BCUT2D eigenvalue weighted by atomic mass is 16.5. The maximum absolute atomic E-state index is 12.2. The summed E-state index contributed by atoms with van der Waals surface area (Å²) >= 11 is 0. The van der Waals surface area contributed by atoms with Crippen LogP contribution in [0.25, 0.3) is 11.3 Å². The number of nitrogens with zero attached hydrogens (tertiary/aromatic N) is 2. The number of ether oxygens (including phenoxy) is 1. The van der Waals surface area contributed by atoms with Crippen LogP contribution in [0.4, 0.5) is 5.82 Å². The molecule has 0 atom stereocenters. The van der Waals surface area contributed by atoms with Crippen LogP contribution in [0.15, 0.2) is 60.8 Å². The molecule has 24 heavy (non-hydrogen) atoms. The van der Waals surface area contributed by atoms with Gasteiger partial charge in [-0.1, -0.05) is 18.2 Å². The van der Waals surface area contributed by atoms with Crippen LogP contribution in [0, 0.1) is 6.92 Å². The van der Waals surface area contributed by atoms with Crippen LogP contribution in [-0.2, 0) is 0 Å². The van der Waals surface area contributed by atoms with E-state index in [1.54, 1.807) is 25.4 Å². The Morgan fingerprint density at radius 3 is 2.38 bits per heavy atom. The van der Waals surface area contributed by atoms with Gasteiger partial charge in [0, 0.05) is 11.1 Å². The predicted molar refractivity (Wildman–Crippen MR) is 93.2 cm³/mol. The van der Waals surface area contributed by atoms with E-state index in [-0.39, 0.29) is 5.91 Å². The van der Waals surface area contributed by atoms with Crippen molar-refractivity contribution in [2.75, 3.05) is 12.4 Å². The largest absolute Gasteiger partial charge is 0.497 e. The van der Waals surface area contributed by atoms with Crippen LogP contribution in [0.2, 0.25) is 0 Å². The van der Waals surface area contributed by atoms with Crippen molar-refractivity contribution in [1.82, 2.24) is 9.97 Å². The van der Waals surface area contributed by atoms with Crippen molar-refractivity contribution >= 4 is 11.7 Å². The first kappa shape index (κ1) is 15.7. The molecule has 0 bridgehead atoms. The van der Waals surface area contributed by atoms with Crippen LogP contribution in [-0.4, -0.2) is 23.0 Å². The van der Waals surface area contributed by atoms with Crippen molar-refractivity contribution in [3.05, 3.63) is 72.1 Å². The van der Waals surface area contributed by atoms with E-state index < -0.39 is 0 Å². The van der Waals surface area contributed by atoms with Gasteiger partial charge in [-0.15, -0.1) is 0 Å². The summed E-state index contributed by atoms with van der Waals surface area (Å²) in [5.41, 5.74) is 2.92. The SMILES string of the molecule is COc1ccc(-c2cnc(NC(=O)c3ccccc3)c(C)n2)cc1. The number of methoxy groups -OCH3 is 1. The van der Waals surface area contributed by atoms with Crippen molar-refractivity contribution in [3.8, 4) is 17.0 Å². The molecule has 1 N–H and O–H groups in total. The average molecular weight is 319 g/mol. The zero-order valence-electron chi connectivity index (χ0n) is 13.5. The Morgan fingerprint density at radius 2 is 1.75 bits per heavy atom. The van der Waals surface area contributed by atoms with E-state index in [4.69, 9.17) is 4.74 Å². The van der Waals surface area contributed by atoms with Crippen molar-refractivity contribution < 1.29 is 9.53 Å². The van der Waals surface area contributed by atoms with Crippen LogP contribution >= 0.6 is 0 Å². The number of anilines is 1. The lowest BCUT2D eigenvalue weighted by molar-refractivity contribution is 0.102. The molecule has 0 fully saturated rings. The third-order valence-corrected chi connectivity index (χ3v) is 3.60. The zero-order valence-corrected chi connectivity index (χ0v) is 13.5. The van der Waals surface area contributed by atoms with Gasteiger partial charge in [0.1, 0.15) is 5.75 Å². The molecule has 3 aromatic rings. The molecule has 5 heteroatoms. The van der Waals surface area contributed by atoms with Crippen molar-refractivity contribution in [2.45, 2.75) is 6.92 Å². The highest BCUT2D eigenvalue weighted by Crippen LogP contribution is 2.22. The van der Waals surface area contributed by atoms with E-state index in [1.807, 2.05) is 49.4 Å². The molecule has 3 rings (SSSR count). The summed E-state index contributed by atoms with van der Waals surface area (Å²) in [6.07, 6.45) is 1.65. The maximum atomic E-state index is 12.2. The van der Waals surface area contributed by atoms with Gasteiger partial charge in [0.15, 0.2) is 5.82 Å². The van der Waals surface area contributed by atoms with Gasteiger partial charge in [-0.05, 0) is 43.3 Å². The van der Waals surface area contributed by atoms with Gasteiger partial charge in [-0.3, -0.25) is 4.79 Å².